The number of rotatable bonds is 3. The van der Waals surface area contributed by atoms with Gasteiger partial charge in [-0.25, -0.2) is 4.98 Å². The summed E-state index contributed by atoms with van der Waals surface area (Å²) in [5.74, 6) is 0.916. The van der Waals surface area contributed by atoms with Crippen molar-refractivity contribution in [3.63, 3.8) is 0 Å². The van der Waals surface area contributed by atoms with Gasteiger partial charge in [-0.3, -0.25) is 0 Å². The molecule has 18 heavy (non-hydrogen) atoms. The monoisotopic (exact) mass is 262 g/mol. The van der Waals surface area contributed by atoms with Crippen LogP contribution in [0.15, 0.2) is 18.2 Å². The van der Waals surface area contributed by atoms with E-state index in [0.717, 1.165) is 32.6 Å². The van der Waals surface area contributed by atoms with Gasteiger partial charge in [0.2, 0.25) is 0 Å². The third-order valence-corrected chi connectivity index (χ3v) is 3.37. The number of hydrogen-bond acceptors (Lipinski definition) is 4. The number of ether oxygens (including phenoxy) is 1. The lowest BCUT2D eigenvalue weighted by Crippen LogP contribution is -2.06. The number of aromatic nitrogens is 1. The van der Waals surface area contributed by atoms with Gasteiger partial charge in [-0.1, -0.05) is 0 Å². The van der Waals surface area contributed by atoms with Crippen molar-refractivity contribution in [1.82, 2.24) is 4.98 Å². The lowest BCUT2D eigenvalue weighted by atomic mass is 10.1. The second-order valence-corrected chi connectivity index (χ2v) is 5.83. The van der Waals surface area contributed by atoms with Gasteiger partial charge in [0.05, 0.1) is 11.1 Å². The van der Waals surface area contributed by atoms with E-state index in [2.05, 4.69) is 11.1 Å². The zero-order chi connectivity index (χ0) is 13.3. The molecule has 0 unspecified atom stereocenters. The van der Waals surface area contributed by atoms with E-state index in [-0.39, 0.29) is 6.10 Å². The summed E-state index contributed by atoms with van der Waals surface area (Å²) in [6.07, 6.45) is 0.182. The van der Waals surface area contributed by atoms with Crippen molar-refractivity contribution in [3.8, 4) is 17.0 Å². The highest BCUT2D eigenvalue weighted by Gasteiger charge is 2.10. The fourth-order valence-electron chi connectivity index (χ4n) is 1.83. The Balaban J connectivity index is 2.37. The first-order chi connectivity index (χ1) is 8.47. The van der Waals surface area contributed by atoms with E-state index < -0.39 is 0 Å². The molecule has 3 nitrogen and oxygen atoms in total. The quantitative estimate of drug-likeness (QED) is 0.915. The molecular weight excluding hydrogens is 244 g/mol. The Kier molecular flexibility index (Phi) is 3.57. The maximum Gasteiger partial charge on any atom is 0.122 e. The molecule has 2 aromatic rings. The number of nitrogens with two attached hydrogens (primary N) is 1. The summed E-state index contributed by atoms with van der Waals surface area (Å²) in [5, 5.41) is 1.76. The van der Waals surface area contributed by atoms with Crippen molar-refractivity contribution in [2.45, 2.75) is 33.8 Å². The molecule has 0 saturated heterocycles. The third-order valence-electron chi connectivity index (χ3n) is 2.57. The van der Waals surface area contributed by atoms with E-state index in [9.17, 15) is 0 Å². The molecule has 2 rings (SSSR count). The third kappa shape index (κ3) is 2.64. The molecule has 0 aliphatic heterocycles. The predicted octanol–water partition coefficient (Wildman–Crippen LogP) is 3.80. The van der Waals surface area contributed by atoms with E-state index >= 15 is 0 Å². The number of anilines is 1. The number of aryl methyl sites for hydroxylation is 2. The van der Waals surface area contributed by atoms with Crippen molar-refractivity contribution < 1.29 is 4.74 Å². The molecule has 96 valence electrons. The summed E-state index contributed by atoms with van der Waals surface area (Å²) >= 11 is 1.52. The van der Waals surface area contributed by atoms with Crippen LogP contribution in [0.3, 0.4) is 0 Å². The Hall–Kier alpha value is -1.55. The molecule has 4 heteroatoms. The molecule has 0 amide bonds. The largest absolute Gasteiger partial charge is 0.491 e. The Morgan fingerprint density at radius 2 is 2.00 bits per heavy atom. The maximum atomic E-state index is 5.97. The van der Waals surface area contributed by atoms with Crippen LogP contribution in [0.25, 0.3) is 11.3 Å². The van der Waals surface area contributed by atoms with Gasteiger partial charge in [-0.05, 0) is 51.5 Å². The van der Waals surface area contributed by atoms with Crippen LogP contribution < -0.4 is 10.5 Å². The van der Waals surface area contributed by atoms with E-state index in [0.29, 0.717) is 0 Å². The number of thiazole rings is 1. The molecule has 2 N–H and O–H groups in total. The fraction of sp³-hybridized carbons (Fsp3) is 0.357. The van der Waals surface area contributed by atoms with Gasteiger partial charge in [0, 0.05) is 5.56 Å². The normalized spacial score (nSPS) is 10.9. The molecule has 1 heterocycles. The Morgan fingerprint density at radius 3 is 2.50 bits per heavy atom. The molecule has 0 aliphatic rings. The predicted molar refractivity (Wildman–Crippen MR) is 77.2 cm³/mol. The average molecular weight is 262 g/mol. The van der Waals surface area contributed by atoms with Crippen molar-refractivity contribution in [3.05, 3.63) is 28.8 Å². The van der Waals surface area contributed by atoms with Crippen molar-refractivity contribution in [2.24, 2.45) is 0 Å². The minimum Gasteiger partial charge on any atom is -0.491 e. The van der Waals surface area contributed by atoms with E-state index in [1.807, 2.05) is 39.8 Å². The van der Waals surface area contributed by atoms with Crippen LogP contribution in [0.2, 0.25) is 0 Å². The van der Waals surface area contributed by atoms with Crippen LogP contribution in [0.1, 0.15) is 24.4 Å². The smallest absolute Gasteiger partial charge is 0.122 e. The summed E-state index contributed by atoms with van der Waals surface area (Å²) in [7, 11) is 0. The number of nitrogens with zero attached hydrogens (tertiary/aromatic N) is 1. The summed E-state index contributed by atoms with van der Waals surface area (Å²) in [5.41, 5.74) is 8.99. The SMILES string of the molecule is Cc1nc(-c2ccc(OC(C)C)c(C)c2)c(N)s1. The van der Waals surface area contributed by atoms with Crippen LogP contribution in [0.5, 0.6) is 5.75 Å². The molecule has 0 spiro atoms. The first kappa shape index (κ1) is 12.9. The average Bonchev–Trinajstić information content (AvgIpc) is 2.60. The lowest BCUT2D eigenvalue weighted by Gasteiger charge is -2.13. The van der Waals surface area contributed by atoms with Crippen molar-refractivity contribution in [2.75, 3.05) is 5.73 Å². The summed E-state index contributed by atoms with van der Waals surface area (Å²) in [6.45, 7) is 8.05. The highest BCUT2D eigenvalue weighted by atomic mass is 32.1. The molecule has 0 atom stereocenters. The van der Waals surface area contributed by atoms with Gasteiger partial charge in [0.25, 0.3) is 0 Å². The Labute approximate surface area is 112 Å². The minimum atomic E-state index is 0.182. The number of nitrogen functional groups attached to an aromatic ring is 1. The molecule has 0 bridgehead atoms. The molecule has 0 saturated carbocycles. The number of hydrogen-bond donors (Lipinski definition) is 1. The Morgan fingerprint density at radius 1 is 1.28 bits per heavy atom. The summed E-state index contributed by atoms with van der Waals surface area (Å²) in [6, 6.07) is 6.07. The standard InChI is InChI=1S/C14H18N2OS/c1-8(2)17-12-6-5-11(7-9(12)3)13-14(15)18-10(4)16-13/h5-8H,15H2,1-4H3. The zero-order valence-corrected chi connectivity index (χ0v) is 12.0. The summed E-state index contributed by atoms with van der Waals surface area (Å²) < 4.78 is 5.72. The van der Waals surface area contributed by atoms with E-state index in [1.54, 1.807) is 0 Å². The topological polar surface area (TPSA) is 48.1 Å². The number of benzene rings is 1. The van der Waals surface area contributed by atoms with Crippen LogP contribution in [-0.2, 0) is 0 Å². The highest BCUT2D eigenvalue weighted by Crippen LogP contribution is 2.32. The van der Waals surface area contributed by atoms with Crippen molar-refractivity contribution in [1.29, 1.82) is 0 Å². The molecule has 0 fully saturated rings. The highest BCUT2D eigenvalue weighted by molar-refractivity contribution is 7.16. The maximum absolute atomic E-state index is 5.97. The van der Waals surface area contributed by atoms with Gasteiger partial charge < -0.3 is 10.5 Å². The molecule has 1 aromatic carbocycles. The van der Waals surface area contributed by atoms with Crippen LogP contribution in [0, 0.1) is 13.8 Å². The van der Waals surface area contributed by atoms with Gasteiger partial charge >= 0.3 is 0 Å². The van der Waals surface area contributed by atoms with Gasteiger partial charge in [-0.15, -0.1) is 11.3 Å². The second kappa shape index (κ2) is 4.98. The van der Waals surface area contributed by atoms with E-state index in [4.69, 9.17) is 10.5 Å². The summed E-state index contributed by atoms with van der Waals surface area (Å²) in [4.78, 5) is 4.46. The first-order valence-electron chi connectivity index (χ1n) is 5.98. The second-order valence-electron chi connectivity index (χ2n) is 4.59. The van der Waals surface area contributed by atoms with Gasteiger partial charge in [-0.2, -0.15) is 0 Å². The first-order valence-corrected chi connectivity index (χ1v) is 6.79. The van der Waals surface area contributed by atoms with E-state index in [1.165, 1.54) is 11.3 Å². The Bertz CT molecular complexity index is 561. The van der Waals surface area contributed by atoms with Crippen LogP contribution >= 0.6 is 11.3 Å². The lowest BCUT2D eigenvalue weighted by molar-refractivity contribution is 0.241. The minimum absolute atomic E-state index is 0.182. The fourth-order valence-corrected chi connectivity index (χ4v) is 2.55. The van der Waals surface area contributed by atoms with Gasteiger partial charge in [0.15, 0.2) is 0 Å². The van der Waals surface area contributed by atoms with Crippen LogP contribution in [-0.4, -0.2) is 11.1 Å². The van der Waals surface area contributed by atoms with Crippen molar-refractivity contribution >= 4 is 16.3 Å². The molecule has 1 aromatic heterocycles. The molecular formula is C14H18N2OS. The zero-order valence-electron chi connectivity index (χ0n) is 11.2. The molecule has 0 aliphatic carbocycles. The molecule has 0 radical (unpaired) electrons. The van der Waals surface area contributed by atoms with Gasteiger partial charge in [0.1, 0.15) is 16.4 Å². The van der Waals surface area contributed by atoms with Crippen LogP contribution in [0.4, 0.5) is 5.00 Å².